The second-order valence-corrected chi connectivity index (χ2v) is 15.5. The molecule has 60 heavy (non-hydrogen) atoms. The molecule has 12 aromatic rings. The fourth-order valence-corrected chi connectivity index (χ4v) is 9.00. The van der Waals surface area contributed by atoms with Gasteiger partial charge in [-0.15, -0.1) is 5.10 Å². The van der Waals surface area contributed by atoms with Gasteiger partial charge in [0.2, 0.25) is 0 Å². The van der Waals surface area contributed by atoms with E-state index in [1.807, 2.05) is 18.2 Å². The number of hydrogen-bond acceptors (Lipinski definition) is 4. The largest absolute Gasteiger partial charge is 0.454 e. The normalized spacial score (nSPS) is 11.7. The van der Waals surface area contributed by atoms with Gasteiger partial charge in [-0.05, 0) is 120 Å². The van der Waals surface area contributed by atoms with Crippen LogP contribution in [0.3, 0.4) is 0 Å². The van der Waals surface area contributed by atoms with Crippen LogP contribution in [0.25, 0.3) is 98.5 Å². The minimum Gasteiger partial charge on any atom is -0.454 e. The first kappa shape index (κ1) is 34.0. The van der Waals surface area contributed by atoms with Crippen LogP contribution in [-0.2, 0) is 0 Å². The summed E-state index contributed by atoms with van der Waals surface area (Å²) in [6, 6.07) is 74.1. The van der Waals surface area contributed by atoms with Crippen molar-refractivity contribution < 1.29 is 4.42 Å². The fraction of sp³-hybridized carbons (Fsp3) is 0. The van der Waals surface area contributed by atoms with Crippen molar-refractivity contribution >= 4 is 82.1 Å². The molecule has 2 heterocycles. The summed E-state index contributed by atoms with van der Waals surface area (Å²) in [6.07, 6.45) is 1.79. The highest BCUT2D eigenvalue weighted by Crippen LogP contribution is 2.41. The lowest BCUT2D eigenvalue weighted by molar-refractivity contribution is 0.666. The Balaban J connectivity index is 0.968. The highest BCUT2D eigenvalue weighted by atomic mass is 16.3. The molecule has 0 saturated heterocycles. The molecule has 0 aliphatic carbocycles. The SMILES string of the molecule is c1ccc2c(-c3ccc4cc(N(c5ccc(-c6nncc7c6oc6ccccc67)cc5)c5ccc6cc(-c7cccc8ccccc78)ccc6c5)ccc4c3)cccc2c1. The third-order valence-electron chi connectivity index (χ3n) is 12.0. The van der Waals surface area contributed by atoms with Crippen LogP contribution in [0.5, 0.6) is 0 Å². The smallest absolute Gasteiger partial charge is 0.165 e. The van der Waals surface area contributed by atoms with E-state index in [4.69, 9.17) is 4.42 Å². The first-order valence-electron chi connectivity index (χ1n) is 20.3. The van der Waals surface area contributed by atoms with Crippen LogP contribution >= 0.6 is 0 Å². The quantitative estimate of drug-likeness (QED) is 0.169. The number of nitrogens with zero attached hydrogens (tertiary/aromatic N) is 3. The van der Waals surface area contributed by atoms with Gasteiger partial charge < -0.3 is 9.32 Å². The topological polar surface area (TPSA) is 42.2 Å². The van der Waals surface area contributed by atoms with Crippen LogP contribution in [0, 0.1) is 0 Å². The molecular weight excluding hydrogens is 731 g/mol. The molecule has 0 unspecified atom stereocenters. The molecule has 2 aromatic heterocycles. The van der Waals surface area contributed by atoms with E-state index in [1.165, 1.54) is 65.3 Å². The molecular formula is C56H35N3O. The highest BCUT2D eigenvalue weighted by molar-refractivity contribution is 6.08. The molecule has 4 heteroatoms. The summed E-state index contributed by atoms with van der Waals surface area (Å²) in [5, 5.41) is 20.7. The predicted molar refractivity (Wildman–Crippen MR) is 250 cm³/mol. The first-order chi connectivity index (χ1) is 29.7. The van der Waals surface area contributed by atoms with Crippen molar-refractivity contribution in [2.45, 2.75) is 0 Å². The van der Waals surface area contributed by atoms with Gasteiger partial charge in [0, 0.05) is 28.0 Å². The number of aromatic nitrogens is 2. The Morgan fingerprint density at radius 2 is 0.833 bits per heavy atom. The fourth-order valence-electron chi connectivity index (χ4n) is 9.00. The monoisotopic (exact) mass is 765 g/mol. The Morgan fingerprint density at radius 1 is 0.350 bits per heavy atom. The number of benzene rings is 10. The lowest BCUT2D eigenvalue weighted by Crippen LogP contribution is -2.10. The Hall–Kier alpha value is -8.08. The lowest BCUT2D eigenvalue weighted by Gasteiger charge is -2.26. The summed E-state index contributed by atoms with van der Waals surface area (Å²) >= 11 is 0. The van der Waals surface area contributed by atoms with Crippen molar-refractivity contribution in [2.75, 3.05) is 4.90 Å². The van der Waals surface area contributed by atoms with Gasteiger partial charge >= 0.3 is 0 Å². The van der Waals surface area contributed by atoms with Gasteiger partial charge in [0.25, 0.3) is 0 Å². The van der Waals surface area contributed by atoms with Crippen LogP contribution in [-0.4, -0.2) is 10.2 Å². The Kier molecular flexibility index (Phi) is 7.82. The maximum Gasteiger partial charge on any atom is 0.165 e. The number of anilines is 3. The summed E-state index contributed by atoms with van der Waals surface area (Å²) < 4.78 is 6.34. The van der Waals surface area contributed by atoms with Crippen molar-refractivity contribution in [2.24, 2.45) is 0 Å². The molecule has 0 bridgehead atoms. The number of hydrogen-bond donors (Lipinski definition) is 0. The van der Waals surface area contributed by atoms with Crippen LogP contribution in [0.2, 0.25) is 0 Å². The van der Waals surface area contributed by atoms with E-state index in [0.717, 1.165) is 50.3 Å². The minimum atomic E-state index is 0.724. The van der Waals surface area contributed by atoms with E-state index in [0.29, 0.717) is 0 Å². The van der Waals surface area contributed by atoms with Gasteiger partial charge in [-0.2, -0.15) is 5.10 Å². The predicted octanol–water partition coefficient (Wildman–Crippen LogP) is 15.5. The van der Waals surface area contributed by atoms with Gasteiger partial charge in [-0.1, -0.05) is 152 Å². The molecule has 0 radical (unpaired) electrons. The molecule has 4 nitrogen and oxygen atoms in total. The van der Waals surface area contributed by atoms with E-state index >= 15 is 0 Å². The average molecular weight is 766 g/mol. The third-order valence-corrected chi connectivity index (χ3v) is 12.0. The van der Waals surface area contributed by atoms with Gasteiger partial charge in [0.05, 0.1) is 11.6 Å². The third kappa shape index (κ3) is 5.69. The Morgan fingerprint density at radius 3 is 1.45 bits per heavy atom. The van der Waals surface area contributed by atoms with Gasteiger partial charge in [0.1, 0.15) is 11.3 Å². The van der Waals surface area contributed by atoms with Crippen LogP contribution in [0.4, 0.5) is 17.1 Å². The van der Waals surface area contributed by atoms with E-state index in [2.05, 4.69) is 203 Å². The molecule has 0 fully saturated rings. The van der Waals surface area contributed by atoms with Crippen LogP contribution < -0.4 is 4.90 Å². The molecule has 0 aliphatic heterocycles. The second-order valence-electron chi connectivity index (χ2n) is 15.5. The van der Waals surface area contributed by atoms with E-state index in [1.54, 1.807) is 6.20 Å². The van der Waals surface area contributed by atoms with Crippen LogP contribution in [0.1, 0.15) is 0 Å². The summed E-state index contributed by atoms with van der Waals surface area (Å²) in [6.45, 7) is 0. The van der Waals surface area contributed by atoms with Crippen molar-refractivity contribution in [3.63, 3.8) is 0 Å². The standard InChI is InChI=1S/C56H35N3O/c1-3-13-48-36(9-1)11-7-16-50(48)43-21-19-41-33-46(29-25-39(41)31-43)59(45-27-23-38(24-28-45)55-56-53(35-57-58-55)52-15-5-6-18-54(52)60-56)47-30-26-40-32-44(22-20-42(40)34-47)51-17-8-12-37-10-2-4-14-49(37)51/h1-35H. The summed E-state index contributed by atoms with van der Waals surface area (Å²) in [5.41, 5.74) is 11.3. The zero-order chi connectivity index (χ0) is 39.6. The zero-order valence-corrected chi connectivity index (χ0v) is 32.5. The molecule has 0 spiro atoms. The van der Waals surface area contributed by atoms with E-state index in [-0.39, 0.29) is 0 Å². The van der Waals surface area contributed by atoms with Gasteiger partial charge in [-0.3, -0.25) is 0 Å². The number of furan rings is 1. The summed E-state index contributed by atoms with van der Waals surface area (Å²) in [5.74, 6) is 0. The van der Waals surface area contributed by atoms with Gasteiger partial charge in [-0.25, -0.2) is 0 Å². The van der Waals surface area contributed by atoms with Gasteiger partial charge in [0.15, 0.2) is 5.58 Å². The van der Waals surface area contributed by atoms with Crippen molar-refractivity contribution in [3.8, 4) is 33.5 Å². The summed E-state index contributed by atoms with van der Waals surface area (Å²) in [4.78, 5) is 2.34. The Labute approximate surface area is 346 Å². The Bertz CT molecular complexity index is 3450. The first-order valence-corrected chi connectivity index (χ1v) is 20.3. The van der Waals surface area contributed by atoms with Crippen LogP contribution in [0.15, 0.2) is 217 Å². The summed E-state index contributed by atoms with van der Waals surface area (Å²) in [7, 11) is 0. The molecule has 0 atom stereocenters. The maximum atomic E-state index is 6.34. The van der Waals surface area contributed by atoms with Crippen molar-refractivity contribution in [3.05, 3.63) is 212 Å². The number of rotatable bonds is 6. The highest BCUT2D eigenvalue weighted by Gasteiger charge is 2.18. The number of para-hydroxylation sites is 1. The maximum absolute atomic E-state index is 6.34. The molecule has 0 saturated carbocycles. The average Bonchev–Trinajstić information content (AvgIpc) is 3.70. The lowest BCUT2D eigenvalue weighted by atomic mass is 9.95. The second kappa shape index (κ2) is 13.8. The molecule has 280 valence electrons. The van der Waals surface area contributed by atoms with Crippen molar-refractivity contribution in [1.82, 2.24) is 10.2 Å². The van der Waals surface area contributed by atoms with E-state index < -0.39 is 0 Å². The molecule has 10 aromatic carbocycles. The molecule has 0 aliphatic rings. The molecule has 0 N–H and O–H groups in total. The molecule has 12 rings (SSSR count). The van der Waals surface area contributed by atoms with E-state index in [9.17, 15) is 0 Å². The minimum absolute atomic E-state index is 0.724. The van der Waals surface area contributed by atoms with Crippen molar-refractivity contribution in [1.29, 1.82) is 0 Å². The number of fused-ring (bicyclic) bond motifs is 7. The molecule has 0 amide bonds. The zero-order valence-electron chi connectivity index (χ0n) is 32.5.